The number of nitrogens with one attached hydrogen (secondary N) is 1. The van der Waals surface area contributed by atoms with Crippen molar-refractivity contribution in [1.82, 2.24) is 14.7 Å². The van der Waals surface area contributed by atoms with Gasteiger partial charge in [-0.05, 0) is 19.1 Å². The summed E-state index contributed by atoms with van der Waals surface area (Å²) in [6, 6.07) is 5.98. The van der Waals surface area contributed by atoms with Crippen molar-refractivity contribution in [2.24, 2.45) is 0 Å². The van der Waals surface area contributed by atoms with Crippen LogP contribution in [-0.4, -0.2) is 15.9 Å². The SMILES string of the molecule is C#CCNCc1c(C)nc2ccccn12. The van der Waals surface area contributed by atoms with E-state index in [1.807, 2.05) is 31.3 Å². The molecule has 2 aromatic rings. The lowest BCUT2D eigenvalue weighted by molar-refractivity contribution is 0.737. The Morgan fingerprint density at radius 3 is 3.20 bits per heavy atom. The van der Waals surface area contributed by atoms with Gasteiger partial charge in [0.1, 0.15) is 5.65 Å². The lowest BCUT2D eigenvalue weighted by atomic mass is 10.3. The van der Waals surface area contributed by atoms with Gasteiger partial charge in [-0.1, -0.05) is 12.0 Å². The zero-order valence-electron chi connectivity index (χ0n) is 8.70. The van der Waals surface area contributed by atoms with Gasteiger partial charge in [0, 0.05) is 12.7 Å². The smallest absolute Gasteiger partial charge is 0.137 e. The molecule has 0 unspecified atom stereocenters. The van der Waals surface area contributed by atoms with Crippen molar-refractivity contribution >= 4 is 5.65 Å². The Morgan fingerprint density at radius 1 is 1.53 bits per heavy atom. The molecule has 3 nitrogen and oxygen atoms in total. The highest BCUT2D eigenvalue weighted by molar-refractivity contribution is 5.42. The first-order valence-electron chi connectivity index (χ1n) is 4.89. The number of rotatable bonds is 3. The maximum Gasteiger partial charge on any atom is 0.137 e. The second-order valence-corrected chi connectivity index (χ2v) is 3.38. The van der Waals surface area contributed by atoms with Crippen molar-refractivity contribution in [2.45, 2.75) is 13.5 Å². The minimum absolute atomic E-state index is 0.583. The van der Waals surface area contributed by atoms with Gasteiger partial charge in [-0.15, -0.1) is 6.42 Å². The van der Waals surface area contributed by atoms with Crippen molar-refractivity contribution < 1.29 is 0 Å². The Balaban J connectivity index is 2.33. The average molecular weight is 199 g/mol. The quantitative estimate of drug-likeness (QED) is 0.597. The monoisotopic (exact) mass is 199 g/mol. The maximum absolute atomic E-state index is 5.18. The van der Waals surface area contributed by atoms with Gasteiger partial charge in [-0.2, -0.15) is 0 Å². The molecule has 2 heterocycles. The number of aromatic nitrogens is 2. The fourth-order valence-corrected chi connectivity index (χ4v) is 1.63. The number of hydrogen-bond donors (Lipinski definition) is 1. The molecule has 0 atom stereocenters. The summed E-state index contributed by atoms with van der Waals surface area (Å²) in [5.74, 6) is 2.56. The Bertz CT molecular complexity index is 505. The van der Waals surface area contributed by atoms with Crippen LogP contribution in [0.15, 0.2) is 24.4 Å². The van der Waals surface area contributed by atoms with Gasteiger partial charge in [0.05, 0.1) is 17.9 Å². The summed E-state index contributed by atoms with van der Waals surface area (Å²) in [6.45, 7) is 3.35. The Morgan fingerprint density at radius 2 is 2.40 bits per heavy atom. The molecule has 0 aliphatic rings. The van der Waals surface area contributed by atoms with Crippen molar-refractivity contribution in [3.8, 4) is 12.3 Å². The lowest BCUT2D eigenvalue weighted by Gasteiger charge is -2.02. The van der Waals surface area contributed by atoms with Crippen molar-refractivity contribution in [2.75, 3.05) is 6.54 Å². The van der Waals surface area contributed by atoms with Crippen molar-refractivity contribution in [1.29, 1.82) is 0 Å². The zero-order chi connectivity index (χ0) is 10.7. The Kier molecular flexibility index (Phi) is 2.70. The highest BCUT2D eigenvalue weighted by Crippen LogP contribution is 2.10. The number of terminal acetylenes is 1. The summed E-state index contributed by atoms with van der Waals surface area (Å²) in [6.07, 6.45) is 7.20. The predicted molar refractivity (Wildman–Crippen MR) is 60.5 cm³/mol. The second kappa shape index (κ2) is 4.16. The number of hydrogen-bond acceptors (Lipinski definition) is 2. The highest BCUT2D eigenvalue weighted by atomic mass is 15.0. The van der Waals surface area contributed by atoms with E-state index in [4.69, 9.17) is 6.42 Å². The van der Waals surface area contributed by atoms with E-state index >= 15 is 0 Å². The number of aryl methyl sites for hydroxylation is 1. The molecule has 15 heavy (non-hydrogen) atoms. The standard InChI is InChI=1S/C12H13N3/c1-3-7-13-9-11-10(2)14-12-6-4-5-8-15(11)12/h1,4-6,8,13H,7,9H2,2H3. The molecule has 76 valence electrons. The normalized spacial score (nSPS) is 10.4. The first kappa shape index (κ1) is 9.75. The summed E-state index contributed by atoms with van der Waals surface area (Å²) in [7, 11) is 0. The zero-order valence-corrected chi connectivity index (χ0v) is 8.70. The summed E-state index contributed by atoms with van der Waals surface area (Å²) < 4.78 is 2.08. The molecule has 2 aromatic heterocycles. The van der Waals surface area contributed by atoms with E-state index in [0.717, 1.165) is 17.9 Å². The third kappa shape index (κ3) is 1.85. The van der Waals surface area contributed by atoms with Gasteiger partial charge in [-0.25, -0.2) is 4.98 Å². The van der Waals surface area contributed by atoms with Gasteiger partial charge in [0.15, 0.2) is 0 Å². The van der Waals surface area contributed by atoms with Crippen LogP contribution in [0.3, 0.4) is 0 Å². The fraction of sp³-hybridized carbons (Fsp3) is 0.250. The molecule has 0 spiro atoms. The topological polar surface area (TPSA) is 29.3 Å². The molecule has 0 radical (unpaired) electrons. The summed E-state index contributed by atoms with van der Waals surface area (Å²) in [4.78, 5) is 4.46. The molecule has 0 aliphatic heterocycles. The van der Waals surface area contributed by atoms with Crippen LogP contribution in [-0.2, 0) is 6.54 Å². The molecule has 2 rings (SSSR count). The van der Waals surface area contributed by atoms with Crippen LogP contribution in [0.5, 0.6) is 0 Å². The minimum Gasteiger partial charge on any atom is -0.302 e. The molecule has 3 heteroatoms. The van der Waals surface area contributed by atoms with Crippen LogP contribution >= 0.6 is 0 Å². The van der Waals surface area contributed by atoms with E-state index in [0.29, 0.717) is 6.54 Å². The first-order chi connectivity index (χ1) is 7.33. The van der Waals surface area contributed by atoms with Gasteiger partial charge in [0.25, 0.3) is 0 Å². The summed E-state index contributed by atoms with van der Waals surface area (Å²) in [5.41, 5.74) is 3.19. The minimum atomic E-state index is 0.583. The molecule has 0 aliphatic carbocycles. The van der Waals surface area contributed by atoms with Crippen LogP contribution in [0.4, 0.5) is 0 Å². The van der Waals surface area contributed by atoms with Crippen LogP contribution in [0, 0.1) is 19.3 Å². The largest absolute Gasteiger partial charge is 0.302 e. The number of pyridine rings is 1. The molecule has 1 N–H and O–H groups in total. The third-order valence-electron chi connectivity index (χ3n) is 2.35. The van der Waals surface area contributed by atoms with Crippen LogP contribution in [0.25, 0.3) is 5.65 Å². The summed E-state index contributed by atoms with van der Waals surface area (Å²) >= 11 is 0. The Hall–Kier alpha value is -1.79. The van der Waals surface area contributed by atoms with E-state index < -0.39 is 0 Å². The van der Waals surface area contributed by atoms with E-state index in [9.17, 15) is 0 Å². The highest BCUT2D eigenvalue weighted by Gasteiger charge is 2.06. The van der Waals surface area contributed by atoms with E-state index in [1.54, 1.807) is 0 Å². The maximum atomic E-state index is 5.18. The van der Waals surface area contributed by atoms with Gasteiger partial charge in [-0.3, -0.25) is 0 Å². The molecule has 0 bridgehead atoms. The molecular weight excluding hydrogens is 186 g/mol. The average Bonchev–Trinajstić information content (AvgIpc) is 2.56. The molecular formula is C12H13N3. The van der Waals surface area contributed by atoms with E-state index in [2.05, 4.69) is 20.6 Å². The molecule has 0 aromatic carbocycles. The summed E-state index contributed by atoms with van der Waals surface area (Å²) in [5, 5.41) is 3.17. The number of nitrogens with zero attached hydrogens (tertiary/aromatic N) is 2. The second-order valence-electron chi connectivity index (χ2n) is 3.38. The van der Waals surface area contributed by atoms with Gasteiger partial charge >= 0.3 is 0 Å². The molecule has 0 saturated carbocycles. The van der Waals surface area contributed by atoms with Gasteiger partial charge < -0.3 is 9.72 Å². The van der Waals surface area contributed by atoms with Crippen molar-refractivity contribution in [3.63, 3.8) is 0 Å². The van der Waals surface area contributed by atoms with Crippen LogP contribution < -0.4 is 5.32 Å². The van der Waals surface area contributed by atoms with Gasteiger partial charge in [0.2, 0.25) is 0 Å². The Labute approximate surface area is 89.1 Å². The van der Waals surface area contributed by atoms with E-state index in [1.165, 1.54) is 5.69 Å². The van der Waals surface area contributed by atoms with Crippen LogP contribution in [0.1, 0.15) is 11.4 Å². The molecule has 0 amide bonds. The van der Waals surface area contributed by atoms with E-state index in [-0.39, 0.29) is 0 Å². The molecule has 0 saturated heterocycles. The van der Waals surface area contributed by atoms with Crippen LogP contribution in [0.2, 0.25) is 0 Å². The number of fused-ring (bicyclic) bond motifs is 1. The predicted octanol–water partition coefficient (Wildman–Crippen LogP) is 1.37. The number of imidazole rings is 1. The first-order valence-corrected chi connectivity index (χ1v) is 4.89. The van der Waals surface area contributed by atoms with Crippen molar-refractivity contribution in [3.05, 3.63) is 35.8 Å². The fourth-order valence-electron chi connectivity index (χ4n) is 1.63. The third-order valence-corrected chi connectivity index (χ3v) is 2.35. The lowest BCUT2D eigenvalue weighted by Crippen LogP contribution is -2.15. The molecule has 0 fully saturated rings.